The molecule has 0 atom stereocenters. The van der Waals surface area contributed by atoms with Crippen LogP contribution in [0.4, 0.5) is 22.7 Å². The standard InChI is InChI=1S/C26H26N4/c27-21-9-1-17(2-10-21)25(18-3-11-22(28)12-4-18)26(19-5-13-23(29)14-6-19)20-7-15-24(30)16-8-20/h1-16,25-26H,27-30H2. The maximum atomic E-state index is 5.97. The van der Waals surface area contributed by atoms with Crippen molar-refractivity contribution < 1.29 is 0 Å². The topological polar surface area (TPSA) is 104 Å². The Labute approximate surface area is 177 Å². The molecule has 0 fully saturated rings. The molecule has 0 aromatic heterocycles. The molecule has 0 amide bonds. The van der Waals surface area contributed by atoms with Crippen molar-refractivity contribution in [3.8, 4) is 0 Å². The highest BCUT2D eigenvalue weighted by atomic mass is 14.6. The van der Waals surface area contributed by atoms with E-state index in [-0.39, 0.29) is 11.8 Å². The number of hydrogen-bond donors (Lipinski definition) is 4. The smallest absolute Gasteiger partial charge is 0.0314 e. The van der Waals surface area contributed by atoms with E-state index in [0.717, 1.165) is 22.7 Å². The van der Waals surface area contributed by atoms with Crippen molar-refractivity contribution in [1.29, 1.82) is 0 Å². The number of nitrogens with two attached hydrogens (primary N) is 4. The van der Waals surface area contributed by atoms with E-state index in [1.54, 1.807) is 0 Å². The van der Waals surface area contributed by atoms with Gasteiger partial charge in [0.15, 0.2) is 0 Å². The molecule has 0 aliphatic rings. The second kappa shape index (κ2) is 8.21. The van der Waals surface area contributed by atoms with Crippen LogP contribution in [-0.2, 0) is 0 Å². The van der Waals surface area contributed by atoms with Crippen LogP contribution >= 0.6 is 0 Å². The van der Waals surface area contributed by atoms with Crippen LogP contribution < -0.4 is 22.9 Å². The van der Waals surface area contributed by atoms with Gasteiger partial charge in [-0.05, 0) is 70.8 Å². The Morgan fingerprint density at radius 3 is 0.633 bits per heavy atom. The Kier molecular flexibility index (Phi) is 5.31. The zero-order valence-corrected chi connectivity index (χ0v) is 16.7. The van der Waals surface area contributed by atoms with Crippen molar-refractivity contribution in [1.82, 2.24) is 0 Å². The molecule has 0 saturated heterocycles. The minimum atomic E-state index is 0.0541. The van der Waals surface area contributed by atoms with Crippen LogP contribution in [0, 0.1) is 0 Å². The summed E-state index contributed by atoms with van der Waals surface area (Å²) in [5, 5.41) is 0. The maximum Gasteiger partial charge on any atom is 0.0314 e. The predicted octanol–water partition coefficient (Wildman–Crippen LogP) is 4.98. The first-order valence-electron chi connectivity index (χ1n) is 9.93. The van der Waals surface area contributed by atoms with Crippen LogP contribution in [0.1, 0.15) is 34.1 Å². The van der Waals surface area contributed by atoms with E-state index in [1.807, 2.05) is 48.5 Å². The monoisotopic (exact) mass is 394 g/mol. The van der Waals surface area contributed by atoms with Gasteiger partial charge in [0, 0.05) is 34.6 Å². The highest BCUT2D eigenvalue weighted by Crippen LogP contribution is 2.43. The second-order valence-corrected chi connectivity index (χ2v) is 7.62. The molecule has 0 unspecified atom stereocenters. The van der Waals surface area contributed by atoms with E-state index in [4.69, 9.17) is 22.9 Å². The summed E-state index contributed by atoms with van der Waals surface area (Å²) in [6, 6.07) is 32.3. The Balaban J connectivity index is 1.93. The average molecular weight is 395 g/mol. The van der Waals surface area contributed by atoms with Gasteiger partial charge in [-0.15, -0.1) is 0 Å². The van der Waals surface area contributed by atoms with Gasteiger partial charge in [-0.25, -0.2) is 0 Å². The molecule has 0 radical (unpaired) electrons. The second-order valence-electron chi connectivity index (χ2n) is 7.62. The molecule has 0 bridgehead atoms. The third kappa shape index (κ3) is 4.08. The van der Waals surface area contributed by atoms with E-state index >= 15 is 0 Å². The zero-order valence-electron chi connectivity index (χ0n) is 16.7. The number of rotatable bonds is 5. The number of hydrogen-bond acceptors (Lipinski definition) is 4. The van der Waals surface area contributed by atoms with Crippen molar-refractivity contribution in [2.75, 3.05) is 22.9 Å². The minimum absolute atomic E-state index is 0.0541. The molecule has 4 aromatic rings. The molecule has 4 heteroatoms. The fourth-order valence-corrected chi connectivity index (χ4v) is 3.97. The van der Waals surface area contributed by atoms with Crippen molar-refractivity contribution in [3.05, 3.63) is 119 Å². The van der Waals surface area contributed by atoms with Crippen LogP contribution in [0.3, 0.4) is 0 Å². The summed E-state index contributed by atoms with van der Waals surface area (Å²) in [6.07, 6.45) is 0. The molecule has 150 valence electrons. The third-order valence-electron chi connectivity index (χ3n) is 5.52. The summed E-state index contributed by atoms with van der Waals surface area (Å²) in [5.41, 5.74) is 31.6. The molecule has 8 N–H and O–H groups in total. The lowest BCUT2D eigenvalue weighted by molar-refractivity contribution is 0.694. The van der Waals surface area contributed by atoms with E-state index in [0.29, 0.717) is 0 Å². The van der Waals surface area contributed by atoms with Crippen LogP contribution in [0.15, 0.2) is 97.1 Å². The Hall–Kier alpha value is -3.92. The Morgan fingerprint density at radius 1 is 0.300 bits per heavy atom. The predicted molar refractivity (Wildman–Crippen MR) is 127 cm³/mol. The molecule has 0 heterocycles. The highest BCUT2D eigenvalue weighted by molar-refractivity contribution is 5.52. The van der Waals surface area contributed by atoms with Crippen LogP contribution in [0.2, 0.25) is 0 Å². The first-order valence-corrected chi connectivity index (χ1v) is 9.93. The summed E-state index contributed by atoms with van der Waals surface area (Å²) < 4.78 is 0. The highest BCUT2D eigenvalue weighted by Gasteiger charge is 2.28. The third-order valence-corrected chi connectivity index (χ3v) is 5.52. The van der Waals surface area contributed by atoms with Gasteiger partial charge in [0.1, 0.15) is 0 Å². The normalized spacial score (nSPS) is 11.1. The van der Waals surface area contributed by atoms with E-state index in [9.17, 15) is 0 Å². The largest absolute Gasteiger partial charge is 0.399 e. The molecular formula is C26H26N4. The van der Waals surface area contributed by atoms with Gasteiger partial charge < -0.3 is 22.9 Å². The zero-order chi connectivity index (χ0) is 21.1. The minimum Gasteiger partial charge on any atom is -0.399 e. The number of nitrogen functional groups attached to an aromatic ring is 4. The summed E-state index contributed by atoms with van der Waals surface area (Å²) in [4.78, 5) is 0. The molecule has 4 aromatic carbocycles. The van der Waals surface area contributed by atoms with Crippen LogP contribution in [0.5, 0.6) is 0 Å². The fraction of sp³-hybridized carbons (Fsp3) is 0.0769. The van der Waals surface area contributed by atoms with Crippen molar-refractivity contribution >= 4 is 22.7 Å². The lowest BCUT2D eigenvalue weighted by Gasteiger charge is -2.30. The van der Waals surface area contributed by atoms with Gasteiger partial charge >= 0.3 is 0 Å². The van der Waals surface area contributed by atoms with E-state index < -0.39 is 0 Å². The van der Waals surface area contributed by atoms with Crippen molar-refractivity contribution in [3.63, 3.8) is 0 Å². The number of benzene rings is 4. The van der Waals surface area contributed by atoms with E-state index in [2.05, 4.69) is 48.5 Å². The Bertz CT molecular complexity index is 916. The molecule has 4 nitrogen and oxygen atoms in total. The quantitative estimate of drug-likeness (QED) is 0.358. The van der Waals surface area contributed by atoms with Crippen molar-refractivity contribution in [2.24, 2.45) is 0 Å². The first-order chi connectivity index (χ1) is 14.5. The maximum absolute atomic E-state index is 5.97. The first kappa shape index (κ1) is 19.4. The van der Waals surface area contributed by atoms with Gasteiger partial charge in [0.25, 0.3) is 0 Å². The molecule has 0 saturated carbocycles. The van der Waals surface area contributed by atoms with Crippen LogP contribution in [-0.4, -0.2) is 0 Å². The molecule has 0 aliphatic carbocycles. The van der Waals surface area contributed by atoms with Gasteiger partial charge in [0.05, 0.1) is 0 Å². The Morgan fingerprint density at radius 2 is 0.467 bits per heavy atom. The molecule has 30 heavy (non-hydrogen) atoms. The summed E-state index contributed by atoms with van der Waals surface area (Å²) in [6.45, 7) is 0. The molecular weight excluding hydrogens is 368 g/mol. The SMILES string of the molecule is Nc1ccc(C(c2ccc(N)cc2)C(c2ccc(N)cc2)c2ccc(N)cc2)cc1. The molecule has 0 spiro atoms. The van der Waals surface area contributed by atoms with Gasteiger partial charge in [-0.2, -0.15) is 0 Å². The molecule has 0 aliphatic heterocycles. The van der Waals surface area contributed by atoms with Gasteiger partial charge in [-0.1, -0.05) is 48.5 Å². The summed E-state index contributed by atoms with van der Waals surface area (Å²) >= 11 is 0. The lowest BCUT2D eigenvalue weighted by atomic mass is 9.73. The summed E-state index contributed by atoms with van der Waals surface area (Å²) in [7, 11) is 0. The van der Waals surface area contributed by atoms with E-state index in [1.165, 1.54) is 22.3 Å². The fourth-order valence-electron chi connectivity index (χ4n) is 3.97. The molecule has 4 rings (SSSR count). The van der Waals surface area contributed by atoms with Gasteiger partial charge in [0.2, 0.25) is 0 Å². The van der Waals surface area contributed by atoms with Gasteiger partial charge in [-0.3, -0.25) is 0 Å². The number of anilines is 4. The average Bonchev–Trinajstić information content (AvgIpc) is 2.75. The summed E-state index contributed by atoms with van der Waals surface area (Å²) in [5.74, 6) is 0.108. The lowest BCUT2D eigenvalue weighted by Crippen LogP contribution is -2.15. The van der Waals surface area contributed by atoms with Crippen LogP contribution in [0.25, 0.3) is 0 Å². The van der Waals surface area contributed by atoms with Crippen molar-refractivity contribution in [2.45, 2.75) is 11.8 Å².